The first kappa shape index (κ1) is 33.8. The molecule has 11 nitrogen and oxygen atoms in total. The van der Waals surface area contributed by atoms with Gasteiger partial charge in [0.25, 0.3) is 0 Å². The summed E-state index contributed by atoms with van der Waals surface area (Å²) in [6.07, 6.45) is 12.4. The molecule has 0 saturated carbocycles. The van der Waals surface area contributed by atoms with Gasteiger partial charge >= 0.3 is 10.4 Å². The van der Waals surface area contributed by atoms with Crippen LogP contribution in [0, 0.1) is 0 Å². The summed E-state index contributed by atoms with van der Waals surface area (Å²) >= 11 is 0. The molecule has 12 heteroatoms. The lowest BCUT2D eigenvalue weighted by molar-refractivity contribution is -0.513. The summed E-state index contributed by atoms with van der Waals surface area (Å²) in [4.78, 5) is 11.0. The molecule has 0 bridgehead atoms. The number of hydrogen-bond donors (Lipinski definition) is 4. The third-order valence-corrected chi connectivity index (χ3v) is 4.79. The van der Waals surface area contributed by atoms with E-state index in [9.17, 15) is 8.42 Å². The van der Waals surface area contributed by atoms with E-state index in [-0.39, 0.29) is 33.0 Å². The van der Waals surface area contributed by atoms with E-state index in [2.05, 4.69) is 21.0 Å². The van der Waals surface area contributed by atoms with Gasteiger partial charge < -0.3 is 15.3 Å². The fourth-order valence-electron chi connectivity index (χ4n) is 2.68. The van der Waals surface area contributed by atoms with Crippen LogP contribution in [0.5, 0.6) is 0 Å². The molecule has 32 heavy (non-hydrogen) atoms. The first-order valence-electron chi connectivity index (χ1n) is 11.5. The minimum absolute atomic E-state index is 0.0694. The summed E-state index contributed by atoms with van der Waals surface area (Å²) in [5, 5.41) is 29.8. The van der Waals surface area contributed by atoms with Crippen molar-refractivity contribution < 1.29 is 47.3 Å². The van der Waals surface area contributed by atoms with Crippen molar-refractivity contribution in [2.24, 2.45) is 0 Å². The minimum atomic E-state index is -4.42. The third kappa shape index (κ3) is 31.8. The smallest absolute Gasteiger partial charge is 0.395 e. The highest BCUT2D eigenvalue weighted by Crippen LogP contribution is 2.10. The lowest BCUT2D eigenvalue weighted by Crippen LogP contribution is -2.32. The van der Waals surface area contributed by atoms with Crippen molar-refractivity contribution in [2.75, 3.05) is 59.3 Å². The molecule has 0 radical (unpaired) electrons. The maximum Gasteiger partial charge on any atom is 0.397 e. The molecule has 4 N–H and O–H groups in total. The third-order valence-electron chi connectivity index (χ3n) is 4.33. The molecule has 0 aromatic carbocycles. The van der Waals surface area contributed by atoms with E-state index in [1.807, 2.05) is 0 Å². The van der Waals surface area contributed by atoms with Crippen molar-refractivity contribution >= 4 is 10.4 Å². The Bertz CT molecular complexity index is 439. The van der Waals surface area contributed by atoms with E-state index in [1.54, 1.807) is 4.90 Å². The molecule has 0 spiro atoms. The van der Waals surface area contributed by atoms with Crippen molar-refractivity contribution in [3.63, 3.8) is 0 Å². The van der Waals surface area contributed by atoms with Gasteiger partial charge in [0.2, 0.25) is 0 Å². The summed E-state index contributed by atoms with van der Waals surface area (Å²) in [6, 6.07) is 0. The van der Waals surface area contributed by atoms with Crippen molar-refractivity contribution in [3.8, 4) is 0 Å². The molecule has 0 heterocycles. The maximum absolute atomic E-state index is 10.2. The highest BCUT2D eigenvalue weighted by Gasteiger charge is 2.03. The largest absolute Gasteiger partial charge is 0.397 e. The summed E-state index contributed by atoms with van der Waals surface area (Å²) < 4.78 is 32.6. The van der Waals surface area contributed by atoms with E-state index < -0.39 is 10.4 Å². The summed E-state index contributed by atoms with van der Waals surface area (Å²) in [7, 11) is -4.42. The molecule has 0 rings (SSSR count). The SMILES string of the molecule is CCCCCCCCCCCCOOOCCOS(=O)(=O)O.OCCN(CCO)CCO. The monoisotopic (exact) mass is 491 g/mol. The van der Waals surface area contributed by atoms with Crippen LogP contribution >= 0.6 is 0 Å². The number of unbranched alkanes of at least 4 members (excludes halogenated alkanes) is 9. The molecule has 0 aliphatic heterocycles. The second-order valence-electron chi connectivity index (χ2n) is 7.16. The standard InChI is InChI=1S/C14H30O7S.C6H15NO3/c1-2-3-4-5-6-7-8-9-10-11-12-18-21-19-13-14-20-22(15,16)17;8-4-1-7(2-5-9)3-6-10/h2-14H2,1H3,(H,15,16,17);8-10H,1-6H2. The summed E-state index contributed by atoms with van der Waals surface area (Å²) in [6.45, 7) is 3.92. The second-order valence-corrected chi connectivity index (χ2v) is 8.25. The molecule has 196 valence electrons. The molecular formula is C20H45NO10S. The number of nitrogens with zero attached hydrogens (tertiary/aromatic N) is 1. The average Bonchev–Trinajstić information content (AvgIpc) is 2.74. The molecule has 0 aromatic rings. The molecule has 0 fully saturated rings. The predicted molar refractivity (Wildman–Crippen MR) is 120 cm³/mol. The van der Waals surface area contributed by atoms with E-state index in [4.69, 9.17) is 24.8 Å². The second kappa shape index (κ2) is 26.8. The molecule has 0 aliphatic carbocycles. The average molecular weight is 492 g/mol. The van der Waals surface area contributed by atoms with E-state index >= 15 is 0 Å². The number of rotatable bonds is 23. The summed E-state index contributed by atoms with van der Waals surface area (Å²) in [5.74, 6) is 0. The van der Waals surface area contributed by atoms with Crippen molar-refractivity contribution in [1.29, 1.82) is 0 Å². The van der Waals surface area contributed by atoms with Gasteiger partial charge in [0.05, 0.1) is 33.0 Å². The topological polar surface area (TPSA) is 155 Å². The molecule has 0 atom stereocenters. The zero-order chi connectivity index (χ0) is 24.3. The van der Waals surface area contributed by atoms with E-state index in [0.717, 1.165) is 12.8 Å². The molecular weight excluding hydrogens is 446 g/mol. The van der Waals surface area contributed by atoms with Gasteiger partial charge in [-0.3, -0.25) is 9.45 Å². The van der Waals surface area contributed by atoms with Crippen molar-refractivity contribution in [2.45, 2.75) is 71.1 Å². The highest BCUT2D eigenvalue weighted by molar-refractivity contribution is 7.80. The van der Waals surface area contributed by atoms with Gasteiger partial charge in [-0.1, -0.05) is 69.7 Å². The predicted octanol–water partition coefficient (Wildman–Crippen LogP) is 1.87. The van der Waals surface area contributed by atoms with Crippen LogP contribution in [-0.2, 0) is 29.4 Å². The first-order valence-corrected chi connectivity index (χ1v) is 12.9. The van der Waals surface area contributed by atoms with Crippen LogP contribution in [0.1, 0.15) is 71.1 Å². The Labute approximate surface area is 193 Å². The summed E-state index contributed by atoms with van der Waals surface area (Å²) in [5.41, 5.74) is 0. The number of aliphatic hydroxyl groups is 3. The zero-order valence-corrected chi connectivity index (χ0v) is 20.3. The van der Waals surface area contributed by atoms with E-state index in [0.29, 0.717) is 26.2 Å². The van der Waals surface area contributed by atoms with Crippen molar-refractivity contribution in [3.05, 3.63) is 0 Å². The molecule has 0 saturated heterocycles. The number of aliphatic hydroxyl groups excluding tert-OH is 3. The molecule has 0 unspecified atom stereocenters. The van der Waals surface area contributed by atoms with Gasteiger partial charge in [-0.15, -0.1) is 0 Å². The van der Waals surface area contributed by atoms with Gasteiger partial charge in [0.1, 0.15) is 6.61 Å². The van der Waals surface area contributed by atoms with Gasteiger partial charge in [0, 0.05) is 19.6 Å². The van der Waals surface area contributed by atoms with Crippen LogP contribution in [0.2, 0.25) is 0 Å². The quantitative estimate of drug-likeness (QED) is 0.0716. The van der Waals surface area contributed by atoms with E-state index in [1.165, 1.54) is 51.4 Å². The number of hydrogen-bond acceptors (Lipinski definition) is 10. The maximum atomic E-state index is 10.2. The Balaban J connectivity index is 0. The fraction of sp³-hybridized carbons (Fsp3) is 1.00. The van der Waals surface area contributed by atoms with Gasteiger partial charge in [-0.05, 0) is 6.42 Å². The Morgan fingerprint density at radius 2 is 1.09 bits per heavy atom. The molecule has 0 amide bonds. The normalized spacial score (nSPS) is 11.6. The first-order chi connectivity index (χ1) is 15.4. The fourth-order valence-corrected chi connectivity index (χ4v) is 2.96. The zero-order valence-electron chi connectivity index (χ0n) is 19.5. The Morgan fingerprint density at radius 3 is 1.53 bits per heavy atom. The highest BCUT2D eigenvalue weighted by atomic mass is 32.3. The minimum Gasteiger partial charge on any atom is -0.395 e. The van der Waals surface area contributed by atoms with Crippen LogP contribution in [0.25, 0.3) is 0 Å². The Morgan fingerprint density at radius 1 is 0.656 bits per heavy atom. The van der Waals surface area contributed by atoms with Gasteiger partial charge in [-0.25, -0.2) is 14.0 Å². The van der Waals surface area contributed by atoms with Gasteiger partial charge in [-0.2, -0.15) is 8.42 Å². The Hall–Kier alpha value is -0.410. The van der Waals surface area contributed by atoms with Gasteiger partial charge in [0.15, 0.2) is 0 Å². The van der Waals surface area contributed by atoms with Crippen LogP contribution in [0.15, 0.2) is 0 Å². The molecule has 0 aromatic heterocycles. The van der Waals surface area contributed by atoms with Crippen molar-refractivity contribution in [1.82, 2.24) is 4.90 Å². The lowest BCUT2D eigenvalue weighted by Gasteiger charge is -2.17. The lowest BCUT2D eigenvalue weighted by atomic mass is 10.1. The van der Waals surface area contributed by atoms with Crippen LogP contribution < -0.4 is 0 Å². The Kier molecular flexibility index (Phi) is 28.3. The molecule has 0 aliphatic rings. The van der Waals surface area contributed by atoms with Crippen LogP contribution in [0.4, 0.5) is 0 Å². The van der Waals surface area contributed by atoms with Crippen LogP contribution in [0.3, 0.4) is 0 Å². The van der Waals surface area contributed by atoms with Crippen LogP contribution in [-0.4, -0.2) is 92.5 Å².